The molecular formula is C22H22N2O6S. The molecule has 0 spiro atoms. The first-order valence-corrected chi connectivity index (χ1v) is 11.4. The van der Waals surface area contributed by atoms with Gasteiger partial charge in [0.05, 0.1) is 23.5 Å². The maximum atomic E-state index is 12.7. The maximum absolute atomic E-state index is 12.7. The van der Waals surface area contributed by atoms with E-state index < -0.39 is 15.9 Å². The highest BCUT2D eigenvalue weighted by molar-refractivity contribution is 7.89. The molecule has 0 aliphatic carbocycles. The Labute approximate surface area is 179 Å². The Hall–Kier alpha value is -3.01. The van der Waals surface area contributed by atoms with Crippen LogP contribution in [0.1, 0.15) is 23.0 Å². The smallest absolute Gasteiger partial charge is 0.291 e. The van der Waals surface area contributed by atoms with Crippen molar-refractivity contribution in [2.75, 3.05) is 31.6 Å². The number of benzene rings is 2. The second-order valence-corrected chi connectivity index (χ2v) is 9.09. The molecule has 8 nitrogen and oxygen atoms in total. The highest BCUT2D eigenvalue weighted by Crippen LogP contribution is 2.20. The van der Waals surface area contributed by atoms with Crippen LogP contribution in [-0.4, -0.2) is 44.9 Å². The van der Waals surface area contributed by atoms with Crippen LogP contribution in [0.3, 0.4) is 0 Å². The molecule has 1 aliphatic rings. The van der Waals surface area contributed by atoms with Gasteiger partial charge in [-0.15, -0.1) is 0 Å². The fraction of sp³-hybridized carbons (Fsp3) is 0.273. The molecule has 0 atom stereocenters. The average Bonchev–Trinajstić information content (AvgIpc) is 2.79. The van der Waals surface area contributed by atoms with Gasteiger partial charge < -0.3 is 14.5 Å². The second kappa shape index (κ2) is 8.62. The van der Waals surface area contributed by atoms with Gasteiger partial charge >= 0.3 is 0 Å². The first-order chi connectivity index (χ1) is 14.9. The summed E-state index contributed by atoms with van der Waals surface area (Å²) in [6.07, 6.45) is 0.787. The van der Waals surface area contributed by atoms with Crippen molar-refractivity contribution in [1.82, 2.24) is 4.31 Å². The molecular weight excluding hydrogens is 420 g/mol. The van der Waals surface area contributed by atoms with Crippen molar-refractivity contribution < 1.29 is 22.4 Å². The van der Waals surface area contributed by atoms with E-state index in [-0.39, 0.29) is 16.1 Å². The first kappa shape index (κ1) is 21.2. The normalized spacial score (nSPS) is 15.1. The second-order valence-electron chi connectivity index (χ2n) is 7.15. The number of morpholine rings is 1. The summed E-state index contributed by atoms with van der Waals surface area (Å²) in [7, 11) is -3.61. The average molecular weight is 442 g/mol. The number of nitrogens with one attached hydrogen (secondary N) is 1. The van der Waals surface area contributed by atoms with Crippen LogP contribution in [0.15, 0.2) is 62.6 Å². The minimum absolute atomic E-state index is 0.119. The number of sulfonamides is 1. The van der Waals surface area contributed by atoms with Crippen LogP contribution in [-0.2, 0) is 21.2 Å². The predicted octanol–water partition coefficient (Wildman–Crippen LogP) is 2.63. The highest BCUT2D eigenvalue weighted by atomic mass is 32.2. The molecule has 0 saturated carbocycles. The quantitative estimate of drug-likeness (QED) is 0.651. The summed E-state index contributed by atoms with van der Waals surface area (Å²) >= 11 is 0. The molecule has 0 bridgehead atoms. The number of rotatable bonds is 5. The number of fused-ring (bicyclic) bond motifs is 1. The van der Waals surface area contributed by atoms with Gasteiger partial charge in [-0.05, 0) is 48.4 Å². The van der Waals surface area contributed by atoms with Crippen LogP contribution in [0, 0.1) is 0 Å². The predicted molar refractivity (Wildman–Crippen MR) is 116 cm³/mol. The zero-order valence-electron chi connectivity index (χ0n) is 17.0. The van der Waals surface area contributed by atoms with E-state index in [2.05, 4.69) is 5.32 Å². The molecule has 0 radical (unpaired) electrons. The molecule has 4 rings (SSSR count). The molecule has 1 N–H and O–H groups in total. The van der Waals surface area contributed by atoms with Gasteiger partial charge in [-0.2, -0.15) is 4.31 Å². The van der Waals surface area contributed by atoms with Gasteiger partial charge in [0.15, 0.2) is 11.2 Å². The zero-order valence-corrected chi connectivity index (χ0v) is 17.8. The Morgan fingerprint density at radius 1 is 1.06 bits per heavy atom. The Morgan fingerprint density at radius 3 is 2.45 bits per heavy atom. The fourth-order valence-corrected chi connectivity index (χ4v) is 4.78. The zero-order chi connectivity index (χ0) is 22.0. The minimum atomic E-state index is -3.61. The number of carbonyl (C=O) groups excluding carboxylic acids is 1. The highest BCUT2D eigenvalue weighted by Gasteiger charge is 2.26. The lowest BCUT2D eigenvalue weighted by atomic mass is 10.1. The lowest BCUT2D eigenvalue weighted by Gasteiger charge is -2.26. The number of anilines is 1. The van der Waals surface area contributed by atoms with E-state index in [4.69, 9.17) is 9.15 Å². The summed E-state index contributed by atoms with van der Waals surface area (Å²) in [6.45, 7) is 3.33. The van der Waals surface area contributed by atoms with Crippen LogP contribution < -0.4 is 10.7 Å². The van der Waals surface area contributed by atoms with Gasteiger partial charge in [0.2, 0.25) is 10.0 Å². The summed E-state index contributed by atoms with van der Waals surface area (Å²) in [5.74, 6) is -0.714. The van der Waals surface area contributed by atoms with Crippen LogP contribution in [0.5, 0.6) is 0 Å². The van der Waals surface area contributed by atoms with Gasteiger partial charge in [0, 0.05) is 24.8 Å². The number of amides is 1. The van der Waals surface area contributed by atoms with Gasteiger partial charge in [0.25, 0.3) is 5.91 Å². The largest absolute Gasteiger partial charge is 0.451 e. The third-order valence-corrected chi connectivity index (χ3v) is 7.06. The number of ether oxygens (including phenoxy) is 1. The summed E-state index contributed by atoms with van der Waals surface area (Å²) < 4.78 is 37.5. The van der Waals surface area contributed by atoms with Crippen molar-refractivity contribution in [2.24, 2.45) is 0 Å². The van der Waals surface area contributed by atoms with E-state index in [0.29, 0.717) is 43.0 Å². The van der Waals surface area contributed by atoms with Gasteiger partial charge in [-0.3, -0.25) is 9.59 Å². The number of carbonyl (C=O) groups is 1. The molecule has 1 aromatic heterocycles. The number of hydrogen-bond donors (Lipinski definition) is 1. The Morgan fingerprint density at radius 2 is 1.77 bits per heavy atom. The fourth-order valence-electron chi connectivity index (χ4n) is 3.37. The third kappa shape index (κ3) is 4.39. The molecule has 3 aromatic rings. The topological polar surface area (TPSA) is 106 Å². The monoisotopic (exact) mass is 442 g/mol. The van der Waals surface area contributed by atoms with E-state index in [1.165, 1.54) is 28.6 Å². The van der Waals surface area contributed by atoms with Crippen molar-refractivity contribution in [3.63, 3.8) is 0 Å². The van der Waals surface area contributed by atoms with Crippen molar-refractivity contribution in [3.8, 4) is 0 Å². The number of aryl methyl sites for hydroxylation is 1. The van der Waals surface area contributed by atoms with Crippen LogP contribution in [0.25, 0.3) is 11.0 Å². The summed E-state index contributed by atoms with van der Waals surface area (Å²) in [6, 6.07) is 12.3. The molecule has 31 heavy (non-hydrogen) atoms. The van der Waals surface area contributed by atoms with Crippen LogP contribution in [0.4, 0.5) is 5.69 Å². The Balaban J connectivity index is 1.53. The van der Waals surface area contributed by atoms with Gasteiger partial charge in [-0.1, -0.05) is 13.0 Å². The SMILES string of the molecule is CCc1ccc2oc(C(=O)Nc3ccc(S(=O)(=O)N4CCOCC4)cc3)cc(=O)c2c1. The summed E-state index contributed by atoms with van der Waals surface area (Å²) in [5, 5.41) is 3.06. The molecule has 9 heteroatoms. The van der Waals surface area contributed by atoms with Crippen LogP contribution >= 0.6 is 0 Å². The maximum Gasteiger partial charge on any atom is 0.291 e. The number of hydrogen-bond acceptors (Lipinski definition) is 6. The van der Waals surface area contributed by atoms with Gasteiger partial charge in [-0.25, -0.2) is 8.42 Å². The molecule has 1 amide bonds. The Kier molecular flexibility index (Phi) is 5.90. The summed E-state index contributed by atoms with van der Waals surface area (Å²) in [5.41, 5.74) is 1.43. The standard InChI is InChI=1S/C22H22N2O6S/c1-2-15-3-8-20-18(13-15)19(25)14-21(30-20)22(26)23-16-4-6-17(7-5-16)31(27,28)24-9-11-29-12-10-24/h3-8,13-14H,2,9-12H2,1H3,(H,23,26). The van der Waals surface area contributed by atoms with E-state index >= 15 is 0 Å². The molecule has 2 aromatic carbocycles. The summed E-state index contributed by atoms with van der Waals surface area (Å²) in [4.78, 5) is 25.1. The third-order valence-electron chi connectivity index (χ3n) is 5.14. The van der Waals surface area contributed by atoms with Crippen molar-refractivity contribution in [2.45, 2.75) is 18.2 Å². The van der Waals surface area contributed by atoms with E-state index in [0.717, 1.165) is 18.1 Å². The molecule has 2 heterocycles. The van der Waals surface area contributed by atoms with Crippen molar-refractivity contribution >= 4 is 32.6 Å². The molecule has 1 saturated heterocycles. The molecule has 0 unspecified atom stereocenters. The first-order valence-electron chi connectivity index (χ1n) is 9.94. The van der Waals surface area contributed by atoms with E-state index in [1.807, 2.05) is 13.0 Å². The van der Waals surface area contributed by atoms with Gasteiger partial charge in [0.1, 0.15) is 5.58 Å². The molecule has 162 valence electrons. The molecule has 1 fully saturated rings. The van der Waals surface area contributed by atoms with Crippen molar-refractivity contribution in [3.05, 3.63) is 70.1 Å². The Bertz CT molecular complexity index is 1280. The minimum Gasteiger partial charge on any atom is -0.451 e. The number of nitrogens with zero attached hydrogens (tertiary/aromatic N) is 1. The lowest BCUT2D eigenvalue weighted by molar-refractivity contribution is 0.0730. The van der Waals surface area contributed by atoms with E-state index in [1.54, 1.807) is 12.1 Å². The molecule has 1 aliphatic heterocycles. The van der Waals surface area contributed by atoms with Crippen molar-refractivity contribution in [1.29, 1.82) is 0 Å². The lowest BCUT2D eigenvalue weighted by Crippen LogP contribution is -2.40. The van der Waals surface area contributed by atoms with Crippen LogP contribution in [0.2, 0.25) is 0 Å². The van der Waals surface area contributed by atoms with E-state index in [9.17, 15) is 18.0 Å².